The Bertz CT molecular complexity index is 1510. The summed E-state index contributed by atoms with van der Waals surface area (Å²) in [6, 6.07) is 23.8. The molecule has 8 nitrogen and oxygen atoms in total. The van der Waals surface area contributed by atoms with Gasteiger partial charge >= 0.3 is 5.97 Å². The lowest BCUT2D eigenvalue weighted by Crippen LogP contribution is -2.42. The number of nitrogens with zero attached hydrogens (tertiary/aromatic N) is 1. The van der Waals surface area contributed by atoms with Crippen molar-refractivity contribution in [2.45, 2.75) is 45.4 Å². The lowest BCUT2D eigenvalue weighted by Gasteiger charge is -2.43. The second-order valence-electron chi connectivity index (χ2n) is 12.2. The SMILES string of the molecule is COc1ccc(CN(Cc2ccc(OC)cc2)S(=O)(=O)C[C@@H](C)[C@H]2C=C([C@H](O)[C@@H]3CC[C@H]3COC(=O)c3ccccc3)C2)cc1. The third-order valence-corrected chi connectivity index (χ3v) is 11.2. The van der Waals surface area contributed by atoms with Crippen LogP contribution in [0.5, 0.6) is 11.5 Å². The molecule has 0 spiro atoms. The van der Waals surface area contributed by atoms with E-state index in [0.29, 0.717) is 30.1 Å². The van der Waals surface area contributed by atoms with Crippen molar-refractivity contribution in [2.75, 3.05) is 26.6 Å². The molecule has 2 aliphatic rings. The van der Waals surface area contributed by atoms with Gasteiger partial charge in [-0.25, -0.2) is 13.2 Å². The average molecular weight is 634 g/mol. The van der Waals surface area contributed by atoms with Crippen molar-refractivity contribution in [3.8, 4) is 11.5 Å². The first-order chi connectivity index (χ1) is 21.7. The summed E-state index contributed by atoms with van der Waals surface area (Å²) in [6.07, 6.45) is 3.91. The van der Waals surface area contributed by atoms with Gasteiger partial charge in [0.2, 0.25) is 10.0 Å². The van der Waals surface area contributed by atoms with E-state index in [1.165, 1.54) is 0 Å². The Labute approximate surface area is 266 Å². The van der Waals surface area contributed by atoms with Crippen molar-refractivity contribution in [2.24, 2.45) is 23.7 Å². The maximum atomic E-state index is 13.9. The predicted molar refractivity (Wildman–Crippen MR) is 173 cm³/mol. The Balaban J connectivity index is 1.19. The van der Waals surface area contributed by atoms with Gasteiger partial charge in [0.25, 0.3) is 0 Å². The van der Waals surface area contributed by atoms with Gasteiger partial charge < -0.3 is 19.3 Å². The fourth-order valence-corrected chi connectivity index (χ4v) is 7.93. The number of ether oxygens (including phenoxy) is 3. The van der Waals surface area contributed by atoms with Crippen molar-refractivity contribution in [3.05, 3.63) is 107 Å². The zero-order chi connectivity index (χ0) is 32.0. The van der Waals surface area contributed by atoms with Gasteiger partial charge in [-0.05, 0) is 96.0 Å². The van der Waals surface area contributed by atoms with Gasteiger partial charge in [0, 0.05) is 13.1 Å². The minimum absolute atomic E-state index is 0.00530. The first-order valence-electron chi connectivity index (χ1n) is 15.5. The van der Waals surface area contributed by atoms with Crippen LogP contribution in [0.25, 0.3) is 0 Å². The maximum Gasteiger partial charge on any atom is 0.338 e. The van der Waals surface area contributed by atoms with Crippen LogP contribution in [0.2, 0.25) is 0 Å². The van der Waals surface area contributed by atoms with Crippen molar-refractivity contribution in [3.63, 3.8) is 0 Å². The van der Waals surface area contributed by atoms with E-state index in [1.54, 1.807) is 42.8 Å². The fraction of sp³-hybridized carbons (Fsp3) is 0.417. The van der Waals surface area contributed by atoms with Gasteiger partial charge in [-0.15, -0.1) is 0 Å². The molecule has 5 atom stereocenters. The Kier molecular flexibility index (Phi) is 10.6. The van der Waals surface area contributed by atoms with E-state index >= 15 is 0 Å². The highest BCUT2D eigenvalue weighted by Crippen LogP contribution is 2.44. The zero-order valence-corrected chi connectivity index (χ0v) is 27.0. The number of benzene rings is 3. The van der Waals surface area contributed by atoms with Gasteiger partial charge in [0.05, 0.1) is 38.2 Å². The molecule has 0 bridgehead atoms. The number of rotatable bonds is 15. The molecular weight excluding hydrogens is 590 g/mol. The van der Waals surface area contributed by atoms with Crippen LogP contribution in [0.4, 0.5) is 0 Å². The molecule has 5 rings (SSSR count). The molecule has 1 saturated carbocycles. The monoisotopic (exact) mass is 633 g/mol. The molecule has 0 unspecified atom stereocenters. The molecule has 0 radical (unpaired) electrons. The molecule has 3 aromatic rings. The van der Waals surface area contributed by atoms with E-state index in [4.69, 9.17) is 14.2 Å². The first-order valence-corrected chi connectivity index (χ1v) is 17.1. The molecule has 1 fully saturated rings. The number of sulfonamides is 1. The lowest BCUT2D eigenvalue weighted by molar-refractivity contribution is -0.0145. The van der Waals surface area contributed by atoms with Gasteiger partial charge in [-0.3, -0.25) is 0 Å². The quantitative estimate of drug-likeness (QED) is 0.165. The second kappa shape index (κ2) is 14.6. The van der Waals surface area contributed by atoms with E-state index in [-0.39, 0.29) is 48.5 Å². The molecule has 0 aromatic heterocycles. The molecule has 0 amide bonds. The van der Waals surface area contributed by atoms with E-state index < -0.39 is 16.1 Å². The van der Waals surface area contributed by atoms with Crippen LogP contribution in [0.1, 0.15) is 47.7 Å². The molecule has 9 heteroatoms. The Hall–Kier alpha value is -3.66. The molecule has 0 aliphatic heterocycles. The van der Waals surface area contributed by atoms with E-state index in [1.807, 2.05) is 67.6 Å². The first kappa shape index (κ1) is 32.7. The summed E-state index contributed by atoms with van der Waals surface area (Å²) in [4.78, 5) is 12.3. The van der Waals surface area contributed by atoms with Crippen LogP contribution in [0, 0.1) is 23.7 Å². The number of allylic oxidation sites excluding steroid dienone is 1. The summed E-state index contributed by atoms with van der Waals surface area (Å²) >= 11 is 0. The summed E-state index contributed by atoms with van der Waals surface area (Å²) in [6.45, 7) is 2.75. The van der Waals surface area contributed by atoms with Gasteiger partial charge in [-0.1, -0.05) is 55.5 Å². The number of hydrogen-bond donors (Lipinski definition) is 1. The molecule has 0 heterocycles. The third-order valence-electron chi connectivity index (χ3n) is 9.23. The topological polar surface area (TPSA) is 102 Å². The smallest absolute Gasteiger partial charge is 0.338 e. The van der Waals surface area contributed by atoms with Crippen LogP contribution in [-0.4, -0.2) is 56.5 Å². The number of hydrogen-bond acceptors (Lipinski definition) is 7. The highest BCUT2D eigenvalue weighted by Gasteiger charge is 2.42. The minimum Gasteiger partial charge on any atom is -0.497 e. The van der Waals surface area contributed by atoms with Crippen LogP contribution in [-0.2, 0) is 27.8 Å². The number of carbonyl (C=O) groups excluding carboxylic acids is 1. The van der Waals surface area contributed by atoms with Crippen molar-refractivity contribution < 1.29 is 32.5 Å². The van der Waals surface area contributed by atoms with Crippen molar-refractivity contribution in [1.82, 2.24) is 4.31 Å². The molecular formula is C36H43NO7S. The zero-order valence-electron chi connectivity index (χ0n) is 26.2. The van der Waals surface area contributed by atoms with Gasteiger partial charge in [0.1, 0.15) is 11.5 Å². The average Bonchev–Trinajstić information content (AvgIpc) is 3.00. The van der Waals surface area contributed by atoms with Crippen LogP contribution in [0.3, 0.4) is 0 Å². The van der Waals surface area contributed by atoms with Crippen molar-refractivity contribution in [1.29, 1.82) is 0 Å². The Morgan fingerprint density at radius 2 is 1.44 bits per heavy atom. The molecule has 240 valence electrons. The Morgan fingerprint density at radius 3 is 1.93 bits per heavy atom. The van der Waals surface area contributed by atoms with Crippen LogP contribution < -0.4 is 9.47 Å². The summed E-state index contributed by atoms with van der Waals surface area (Å²) in [5.41, 5.74) is 3.23. The highest BCUT2D eigenvalue weighted by molar-refractivity contribution is 7.89. The third kappa shape index (κ3) is 8.14. The number of esters is 1. The molecule has 45 heavy (non-hydrogen) atoms. The van der Waals surface area contributed by atoms with E-state index in [9.17, 15) is 18.3 Å². The van der Waals surface area contributed by atoms with E-state index in [0.717, 1.165) is 29.5 Å². The van der Waals surface area contributed by atoms with E-state index in [2.05, 4.69) is 0 Å². The van der Waals surface area contributed by atoms with Gasteiger partial charge in [-0.2, -0.15) is 4.31 Å². The molecule has 0 saturated heterocycles. The normalized spacial score (nSPS) is 20.7. The highest BCUT2D eigenvalue weighted by atomic mass is 32.2. The summed E-state index contributed by atoms with van der Waals surface area (Å²) in [5.74, 6) is 1.21. The predicted octanol–water partition coefficient (Wildman–Crippen LogP) is 5.86. The summed E-state index contributed by atoms with van der Waals surface area (Å²) in [5, 5.41) is 11.1. The summed E-state index contributed by atoms with van der Waals surface area (Å²) in [7, 11) is -0.431. The molecule has 3 aromatic carbocycles. The second-order valence-corrected chi connectivity index (χ2v) is 14.3. The largest absolute Gasteiger partial charge is 0.497 e. The van der Waals surface area contributed by atoms with Crippen LogP contribution in [0.15, 0.2) is 90.5 Å². The number of carbonyl (C=O) groups is 1. The van der Waals surface area contributed by atoms with Crippen molar-refractivity contribution >= 4 is 16.0 Å². The maximum absolute atomic E-state index is 13.9. The molecule has 2 aliphatic carbocycles. The number of methoxy groups -OCH3 is 2. The minimum atomic E-state index is -3.63. The Morgan fingerprint density at radius 1 is 0.889 bits per heavy atom. The summed E-state index contributed by atoms with van der Waals surface area (Å²) < 4.78 is 45.3. The van der Waals surface area contributed by atoms with Crippen LogP contribution >= 0.6 is 0 Å². The number of aliphatic hydroxyl groups excluding tert-OH is 1. The standard InChI is InChI=1S/C36H43NO7S/c1-25(30-19-31(20-30)35(38)34-18-13-29(34)23-44-36(39)28-7-5-4-6-8-28)24-45(40,41)37(21-26-9-14-32(42-2)15-10-26)22-27-11-16-33(43-3)17-12-27/h4-12,14-17,19,25,29-30,34-35,38H,13,18,20-24H2,1-3H3/t25-,29+,30+,34-,35+/m1/s1. The van der Waals surface area contributed by atoms with Gasteiger partial charge in [0.15, 0.2) is 0 Å². The number of aliphatic hydroxyl groups is 1. The molecule has 1 N–H and O–H groups in total. The lowest BCUT2D eigenvalue weighted by atomic mass is 9.65. The fourth-order valence-electron chi connectivity index (χ4n) is 6.11.